The molecule has 0 bridgehead atoms. The van der Waals surface area contributed by atoms with Gasteiger partial charge in [-0.3, -0.25) is 14.7 Å². The molecule has 1 amide bonds. The summed E-state index contributed by atoms with van der Waals surface area (Å²) in [4.78, 5) is 18.1. The summed E-state index contributed by atoms with van der Waals surface area (Å²) < 4.78 is 5.45. The smallest absolute Gasteiger partial charge is 0.266 e. The number of carbonyl (C=O) groups excluding carboxylic acids is 1. The Hall–Kier alpha value is -0.910. The maximum absolute atomic E-state index is 12.1. The Balaban J connectivity index is 1.93. The molecule has 7 heteroatoms. The van der Waals surface area contributed by atoms with Crippen molar-refractivity contribution < 1.29 is 9.53 Å². The summed E-state index contributed by atoms with van der Waals surface area (Å²) >= 11 is 13.4. The van der Waals surface area contributed by atoms with E-state index in [1.165, 1.54) is 0 Å². The summed E-state index contributed by atoms with van der Waals surface area (Å²) in [5.74, 6) is 1.21. The Labute approximate surface area is 132 Å². The third-order valence-corrected chi connectivity index (χ3v) is 4.05. The molecule has 20 heavy (non-hydrogen) atoms. The Morgan fingerprint density at radius 2 is 2.30 bits per heavy atom. The zero-order valence-corrected chi connectivity index (χ0v) is 13.3. The Bertz CT molecular complexity index is 537. The minimum atomic E-state index is -0.117. The van der Waals surface area contributed by atoms with Crippen LogP contribution in [-0.4, -0.2) is 41.4 Å². The lowest BCUT2D eigenvalue weighted by Crippen LogP contribution is -2.36. The van der Waals surface area contributed by atoms with E-state index in [1.54, 1.807) is 34.9 Å². The Morgan fingerprint density at radius 3 is 3.00 bits per heavy atom. The molecule has 1 aliphatic rings. The van der Waals surface area contributed by atoms with Crippen molar-refractivity contribution in [2.45, 2.75) is 6.92 Å². The first-order valence-electron chi connectivity index (χ1n) is 6.17. The number of nitrogens with zero attached hydrogens (tertiary/aromatic N) is 2. The molecule has 2 rings (SSSR count). The summed E-state index contributed by atoms with van der Waals surface area (Å²) in [6.07, 6.45) is 0. The minimum Gasteiger partial charge on any atom is -0.482 e. The van der Waals surface area contributed by atoms with Crippen molar-refractivity contribution in [1.29, 1.82) is 0 Å². The molecule has 0 spiro atoms. The van der Waals surface area contributed by atoms with Gasteiger partial charge in [0.1, 0.15) is 5.75 Å². The summed E-state index contributed by atoms with van der Waals surface area (Å²) in [5, 5.41) is 1.69. The predicted molar refractivity (Wildman–Crippen MR) is 84.1 cm³/mol. The van der Waals surface area contributed by atoms with Crippen molar-refractivity contribution in [3.63, 3.8) is 0 Å². The first-order valence-corrected chi connectivity index (χ1v) is 7.91. The highest BCUT2D eigenvalue weighted by molar-refractivity contribution is 8.13. The average Bonchev–Trinajstić information content (AvgIpc) is 2.86. The zero-order valence-electron chi connectivity index (χ0n) is 10.9. The van der Waals surface area contributed by atoms with Crippen molar-refractivity contribution in [3.05, 3.63) is 28.2 Å². The third-order valence-electron chi connectivity index (χ3n) is 2.62. The van der Waals surface area contributed by atoms with Gasteiger partial charge < -0.3 is 4.74 Å². The fourth-order valence-electron chi connectivity index (χ4n) is 1.72. The van der Waals surface area contributed by atoms with Crippen LogP contribution < -0.4 is 4.74 Å². The summed E-state index contributed by atoms with van der Waals surface area (Å²) in [7, 11) is 0. The molecule has 108 valence electrons. The molecule has 0 aliphatic carbocycles. The second-order valence-corrected chi connectivity index (χ2v) is 6.08. The zero-order chi connectivity index (χ0) is 14.5. The maximum atomic E-state index is 12.1. The van der Waals surface area contributed by atoms with Crippen LogP contribution in [0.4, 0.5) is 0 Å². The van der Waals surface area contributed by atoms with E-state index in [1.807, 2.05) is 6.92 Å². The number of carbonyl (C=O) groups is 1. The molecular weight excluding hydrogens is 319 g/mol. The van der Waals surface area contributed by atoms with E-state index < -0.39 is 0 Å². The van der Waals surface area contributed by atoms with Gasteiger partial charge in [0.05, 0.1) is 11.6 Å². The molecule has 0 N–H and O–H groups in total. The highest BCUT2D eigenvalue weighted by Gasteiger charge is 2.24. The van der Waals surface area contributed by atoms with Gasteiger partial charge in [0.2, 0.25) is 0 Å². The third kappa shape index (κ3) is 3.81. The number of halogens is 2. The van der Waals surface area contributed by atoms with Gasteiger partial charge in [-0.25, -0.2) is 0 Å². The van der Waals surface area contributed by atoms with Crippen LogP contribution in [0.15, 0.2) is 23.2 Å². The number of rotatable bonds is 4. The molecule has 0 fully saturated rings. The number of hydrogen-bond donors (Lipinski definition) is 0. The second-order valence-electron chi connectivity index (χ2n) is 4.01. The predicted octanol–water partition coefficient (Wildman–Crippen LogP) is 3.32. The SMILES string of the molecule is CCSC1=NCCN1C(=O)COc1ccc(Cl)cc1Cl. The number of benzene rings is 1. The van der Waals surface area contributed by atoms with Gasteiger partial charge in [-0.2, -0.15) is 0 Å². The van der Waals surface area contributed by atoms with Crippen molar-refractivity contribution in [3.8, 4) is 5.75 Å². The molecule has 1 aromatic carbocycles. The van der Waals surface area contributed by atoms with E-state index in [2.05, 4.69) is 4.99 Å². The standard InChI is InChI=1S/C13H14Cl2N2O2S/c1-2-20-13-16-5-6-17(13)12(18)8-19-11-4-3-9(14)7-10(11)15/h3-4,7H,2,5-6,8H2,1H3. The monoisotopic (exact) mass is 332 g/mol. The molecule has 0 aromatic heterocycles. The molecule has 4 nitrogen and oxygen atoms in total. The lowest BCUT2D eigenvalue weighted by Gasteiger charge is -2.17. The van der Waals surface area contributed by atoms with Crippen LogP contribution >= 0.6 is 35.0 Å². The van der Waals surface area contributed by atoms with Gasteiger partial charge in [-0.1, -0.05) is 41.9 Å². The summed E-state index contributed by atoms with van der Waals surface area (Å²) in [6.45, 7) is 3.22. The van der Waals surface area contributed by atoms with Gasteiger partial charge in [-0.05, 0) is 24.0 Å². The first-order chi connectivity index (χ1) is 9.61. The van der Waals surface area contributed by atoms with Crippen molar-refractivity contribution in [1.82, 2.24) is 4.90 Å². The quantitative estimate of drug-likeness (QED) is 0.849. The molecule has 0 radical (unpaired) electrons. The number of ether oxygens (including phenoxy) is 1. The van der Waals surface area contributed by atoms with Crippen LogP contribution in [0.3, 0.4) is 0 Å². The Kier molecular flexibility index (Phi) is 5.57. The largest absolute Gasteiger partial charge is 0.482 e. The highest BCUT2D eigenvalue weighted by Crippen LogP contribution is 2.27. The van der Waals surface area contributed by atoms with Gasteiger partial charge in [0.15, 0.2) is 11.8 Å². The van der Waals surface area contributed by atoms with E-state index in [0.29, 0.717) is 28.9 Å². The van der Waals surface area contributed by atoms with Gasteiger partial charge in [0, 0.05) is 11.6 Å². The lowest BCUT2D eigenvalue weighted by atomic mass is 10.3. The fourth-order valence-corrected chi connectivity index (χ4v) is 2.97. The first kappa shape index (κ1) is 15.5. The summed E-state index contributed by atoms with van der Waals surface area (Å²) in [5.41, 5.74) is 0. The van der Waals surface area contributed by atoms with E-state index in [-0.39, 0.29) is 12.5 Å². The number of amides is 1. The van der Waals surface area contributed by atoms with E-state index in [4.69, 9.17) is 27.9 Å². The summed E-state index contributed by atoms with van der Waals surface area (Å²) in [6, 6.07) is 4.90. The van der Waals surface area contributed by atoms with Gasteiger partial charge in [-0.15, -0.1) is 0 Å². The van der Waals surface area contributed by atoms with Crippen LogP contribution in [-0.2, 0) is 4.79 Å². The number of aliphatic imine (C=N–C) groups is 1. The van der Waals surface area contributed by atoms with Crippen molar-refractivity contribution in [2.75, 3.05) is 25.4 Å². The van der Waals surface area contributed by atoms with Crippen LogP contribution in [0, 0.1) is 0 Å². The maximum Gasteiger partial charge on any atom is 0.266 e. The van der Waals surface area contributed by atoms with Crippen LogP contribution in [0.5, 0.6) is 5.75 Å². The normalized spacial score (nSPS) is 14.3. The molecule has 1 heterocycles. The topological polar surface area (TPSA) is 41.9 Å². The molecule has 1 aliphatic heterocycles. The molecule has 0 atom stereocenters. The van der Waals surface area contributed by atoms with Crippen LogP contribution in [0.1, 0.15) is 6.92 Å². The Morgan fingerprint density at radius 1 is 1.50 bits per heavy atom. The van der Waals surface area contributed by atoms with E-state index in [9.17, 15) is 4.79 Å². The van der Waals surface area contributed by atoms with Crippen LogP contribution in [0.2, 0.25) is 10.0 Å². The molecule has 0 unspecified atom stereocenters. The van der Waals surface area contributed by atoms with Gasteiger partial charge in [0.25, 0.3) is 5.91 Å². The van der Waals surface area contributed by atoms with E-state index in [0.717, 1.165) is 10.9 Å². The molecule has 1 aromatic rings. The second kappa shape index (κ2) is 7.20. The average molecular weight is 333 g/mol. The molecular formula is C13H14Cl2N2O2S. The highest BCUT2D eigenvalue weighted by atomic mass is 35.5. The minimum absolute atomic E-state index is 0.0648. The molecule has 0 saturated heterocycles. The number of amidine groups is 1. The number of hydrogen-bond acceptors (Lipinski definition) is 4. The van der Waals surface area contributed by atoms with Gasteiger partial charge >= 0.3 is 0 Å². The van der Waals surface area contributed by atoms with Crippen molar-refractivity contribution in [2.24, 2.45) is 4.99 Å². The van der Waals surface area contributed by atoms with Crippen molar-refractivity contribution >= 4 is 46.0 Å². The fraction of sp³-hybridized carbons (Fsp3) is 0.385. The van der Waals surface area contributed by atoms with Crippen LogP contribution in [0.25, 0.3) is 0 Å². The van der Waals surface area contributed by atoms with E-state index >= 15 is 0 Å². The molecule has 0 saturated carbocycles. The number of thioether (sulfide) groups is 1. The lowest BCUT2D eigenvalue weighted by molar-refractivity contribution is -0.128.